The van der Waals surface area contributed by atoms with Crippen LogP contribution in [0, 0.1) is 6.92 Å². The van der Waals surface area contributed by atoms with E-state index in [1.807, 2.05) is 55.5 Å². The quantitative estimate of drug-likeness (QED) is 0.584. The molecule has 0 fully saturated rings. The molecule has 2 aromatic carbocycles. The number of carbonyl (C=O) groups excluding carboxylic acids is 1. The molecule has 0 atom stereocenters. The Labute approximate surface area is 134 Å². The number of nitrogens with one attached hydrogen (secondary N) is 1. The summed E-state index contributed by atoms with van der Waals surface area (Å²) in [6.45, 7) is 1.85. The largest absolute Gasteiger partial charge is 0.460 e. The maximum absolute atomic E-state index is 12.0. The van der Waals surface area contributed by atoms with Crippen LogP contribution < -0.4 is 5.43 Å². The smallest absolute Gasteiger partial charge is 0.271 e. The van der Waals surface area contributed by atoms with Crippen molar-refractivity contribution in [2.75, 3.05) is 0 Å². The minimum atomic E-state index is -0.260. The number of hydrazone groups is 1. The predicted molar refractivity (Wildman–Crippen MR) is 90.4 cm³/mol. The standard InChI is InChI=1S/C19H16N2O2/c1-14-7-12-18(23-14)13-20-21-19(22)17-10-8-16(9-11-17)15-5-3-2-4-6-15/h2-13H,1H3,(H,21,22). The fraction of sp³-hybridized carbons (Fsp3) is 0.0526. The van der Waals surface area contributed by atoms with Gasteiger partial charge in [-0.25, -0.2) is 5.43 Å². The first kappa shape index (κ1) is 14.8. The number of rotatable bonds is 4. The molecular formula is C19H16N2O2. The van der Waals surface area contributed by atoms with Crippen molar-refractivity contribution in [2.24, 2.45) is 5.10 Å². The van der Waals surface area contributed by atoms with Crippen LogP contribution in [0.2, 0.25) is 0 Å². The summed E-state index contributed by atoms with van der Waals surface area (Å²) in [7, 11) is 0. The van der Waals surface area contributed by atoms with Crippen molar-refractivity contribution in [1.29, 1.82) is 0 Å². The van der Waals surface area contributed by atoms with E-state index >= 15 is 0 Å². The summed E-state index contributed by atoms with van der Waals surface area (Å²) in [5.74, 6) is 1.14. The number of benzene rings is 2. The van der Waals surface area contributed by atoms with Crippen LogP contribution in [0.1, 0.15) is 21.9 Å². The van der Waals surface area contributed by atoms with Crippen LogP contribution in [0.25, 0.3) is 11.1 Å². The molecule has 4 heteroatoms. The van der Waals surface area contributed by atoms with E-state index in [0.717, 1.165) is 16.9 Å². The van der Waals surface area contributed by atoms with Crippen molar-refractivity contribution in [2.45, 2.75) is 6.92 Å². The molecule has 0 aliphatic heterocycles. The number of hydrogen-bond donors (Lipinski definition) is 1. The second-order valence-corrected chi connectivity index (χ2v) is 5.09. The Bertz CT molecular complexity index is 818. The van der Waals surface area contributed by atoms with Crippen LogP contribution in [-0.2, 0) is 0 Å². The van der Waals surface area contributed by atoms with E-state index in [-0.39, 0.29) is 5.91 Å². The van der Waals surface area contributed by atoms with Gasteiger partial charge in [0.05, 0.1) is 6.21 Å². The normalized spacial score (nSPS) is 10.8. The van der Waals surface area contributed by atoms with Crippen LogP contribution in [0.4, 0.5) is 0 Å². The minimum absolute atomic E-state index is 0.260. The van der Waals surface area contributed by atoms with Gasteiger partial charge in [-0.1, -0.05) is 42.5 Å². The summed E-state index contributed by atoms with van der Waals surface area (Å²) in [6, 6.07) is 21.1. The third-order valence-corrected chi connectivity index (χ3v) is 3.37. The van der Waals surface area contributed by atoms with Gasteiger partial charge in [0.1, 0.15) is 11.5 Å². The molecule has 1 amide bonds. The molecule has 0 aliphatic rings. The van der Waals surface area contributed by atoms with Crippen molar-refractivity contribution >= 4 is 12.1 Å². The van der Waals surface area contributed by atoms with E-state index in [9.17, 15) is 4.79 Å². The number of amides is 1. The topological polar surface area (TPSA) is 54.6 Å². The molecule has 0 aliphatic carbocycles. The highest BCUT2D eigenvalue weighted by Crippen LogP contribution is 2.19. The lowest BCUT2D eigenvalue weighted by atomic mass is 10.0. The Morgan fingerprint density at radius 3 is 2.30 bits per heavy atom. The lowest BCUT2D eigenvalue weighted by Crippen LogP contribution is -2.17. The Hall–Kier alpha value is -3.14. The van der Waals surface area contributed by atoms with Crippen molar-refractivity contribution < 1.29 is 9.21 Å². The molecule has 0 spiro atoms. The molecule has 114 valence electrons. The van der Waals surface area contributed by atoms with Crippen LogP contribution in [0.5, 0.6) is 0 Å². The van der Waals surface area contributed by atoms with Gasteiger partial charge in [-0.05, 0) is 42.3 Å². The van der Waals surface area contributed by atoms with Gasteiger partial charge in [0.15, 0.2) is 0 Å². The minimum Gasteiger partial charge on any atom is -0.460 e. The molecule has 1 aromatic heterocycles. The Kier molecular flexibility index (Phi) is 4.34. The van der Waals surface area contributed by atoms with Crippen LogP contribution in [0.15, 0.2) is 76.2 Å². The average Bonchev–Trinajstić information content (AvgIpc) is 3.01. The molecule has 3 aromatic rings. The Morgan fingerprint density at radius 2 is 1.65 bits per heavy atom. The highest BCUT2D eigenvalue weighted by atomic mass is 16.3. The van der Waals surface area contributed by atoms with Gasteiger partial charge in [0.2, 0.25) is 0 Å². The van der Waals surface area contributed by atoms with Crippen molar-refractivity contribution in [3.8, 4) is 11.1 Å². The van der Waals surface area contributed by atoms with E-state index in [0.29, 0.717) is 11.3 Å². The molecule has 1 heterocycles. The zero-order chi connectivity index (χ0) is 16.1. The lowest BCUT2D eigenvalue weighted by Gasteiger charge is -2.03. The van der Waals surface area contributed by atoms with Gasteiger partial charge in [0.25, 0.3) is 5.91 Å². The molecule has 3 rings (SSSR count). The summed E-state index contributed by atoms with van der Waals surface area (Å²) >= 11 is 0. The fourth-order valence-corrected chi connectivity index (χ4v) is 2.19. The molecular weight excluding hydrogens is 288 g/mol. The molecule has 0 saturated carbocycles. The summed E-state index contributed by atoms with van der Waals surface area (Å²) in [4.78, 5) is 12.0. The third kappa shape index (κ3) is 3.74. The molecule has 4 nitrogen and oxygen atoms in total. The van der Waals surface area contributed by atoms with Crippen LogP contribution in [0.3, 0.4) is 0 Å². The molecule has 1 N–H and O–H groups in total. The summed E-state index contributed by atoms with van der Waals surface area (Å²) in [5.41, 5.74) is 5.22. The zero-order valence-corrected chi connectivity index (χ0v) is 12.7. The first-order valence-electron chi connectivity index (χ1n) is 7.28. The zero-order valence-electron chi connectivity index (χ0n) is 12.7. The first-order chi connectivity index (χ1) is 11.2. The number of hydrogen-bond acceptors (Lipinski definition) is 3. The van der Waals surface area contributed by atoms with Crippen molar-refractivity contribution in [1.82, 2.24) is 5.43 Å². The average molecular weight is 304 g/mol. The van der Waals surface area contributed by atoms with Gasteiger partial charge in [-0.3, -0.25) is 4.79 Å². The number of furan rings is 1. The van der Waals surface area contributed by atoms with E-state index in [2.05, 4.69) is 10.5 Å². The van der Waals surface area contributed by atoms with Gasteiger partial charge in [-0.15, -0.1) is 0 Å². The van der Waals surface area contributed by atoms with E-state index in [4.69, 9.17) is 4.42 Å². The molecule has 0 bridgehead atoms. The molecule has 0 unspecified atom stereocenters. The van der Waals surface area contributed by atoms with Crippen LogP contribution >= 0.6 is 0 Å². The predicted octanol–water partition coefficient (Wildman–Crippen LogP) is 4.02. The molecule has 0 saturated heterocycles. The number of carbonyl (C=O) groups is 1. The number of aryl methyl sites for hydroxylation is 1. The van der Waals surface area contributed by atoms with E-state index in [1.165, 1.54) is 6.21 Å². The third-order valence-electron chi connectivity index (χ3n) is 3.37. The number of nitrogens with zero attached hydrogens (tertiary/aromatic N) is 1. The van der Waals surface area contributed by atoms with Crippen molar-refractivity contribution in [3.05, 3.63) is 83.8 Å². The van der Waals surface area contributed by atoms with Gasteiger partial charge in [0, 0.05) is 5.56 Å². The Balaban J connectivity index is 1.65. The maximum Gasteiger partial charge on any atom is 0.271 e. The SMILES string of the molecule is Cc1ccc(C=NNC(=O)c2ccc(-c3ccccc3)cc2)o1. The molecule has 23 heavy (non-hydrogen) atoms. The van der Waals surface area contributed by atoms with Gasteiger partial charge < -0.3 is 4.42 Å². The second-order valence-electron chi connectivity index (χ2n) is 5.09. The molecule has 0 radical (unpaired) electrons. The summed E-state index contributed by atoms with van der Waals surface area (Å²) < 4.78 is 5.34. The van der Waals surface area contributed by atoms with Gasteiger partial charge >= 0.3 is 0 Å². The second kappa shape index (κ2) is 6.75. The highest BCUT2D eigenvalue weighted by Gasteiger charge is 2.05. The van der Waals surface area contributed by atoms with E-state index in [1.54, 1.807) is 18.2 Å². The van der Waals surface area contributed by atoms with Gasteiger partial charge in [-0.2, -0.15) is 5.10 Å². The Morgan fingerprint density at radius 1 is 0.957 bits per heavy atom. The van der Waals surface area contributed by atoms with Crippen molar-refractivity contribution in [3.63, 3.8) is 0 Å². The monoisotopic (exact) mass is 304 g/mol. The summed E-state index contributed by atoms with van der Waals surface area (Å²) in [6.07, 6.45) is 1.48. The fourth-order valence-electron chi connectivity index (χ4n) is 2.19. The summed E-state index contributed by atoms with van der Waals surface area (Å²) in [5, 5.41) is 3.89. The van der Waals surface area contributed by atoms with E-state index < -0.39 is 0 Å². The maximum atomic E-state index is 12.0. The lowest BCUT2D eigenvalue weighted by molar-refractivity contribution is 0.0955. The van der Waals surface area contributed by atoms with Crippen LogP contribution in [-0.4, -0.2) is 12.1 Å². The highest BCUT2D eigenvalue weighted by molar-refractivity contribution is 5.95. The first-order valence-corrected chi connectivity index (χ1v) is 7.28.